The van der Waals surface area contributed by atoms with Crippen molar-refractivity contribution in [2.24, 2.45) is 5.92 Å². The highest BCUT2D eigenvalue weighted by atomic mass is 35.5. The molecule has 3 rings (SSSR count). The molecule has 1 heterocycles. The quantitative estimate of drug-likeness (QED) is 0.457. The molecule has 158 valence electrons. The van der Waals surface area contributed by atoms with Gasteiger partial charge in [-0.15, -0.1) is 0 Å². The number of ether oxygens (including phenoxy) is 1. The summed E-state index contributed by atoms with van der Waals surface area (Å²) in [6, 6.07) is 10.1. The molecule has 2 aromatic rings. The number of piperidine rings is 1. The number of halogens is 2. The predicted octanol–water partition coefficient (Wildman–Crippen LogP) is 5.36. The van der Waals surface area contributed by atoms with E-state index >= 15 is 0 Å². The number of methoxy groups -OCH3 is 1. The smallest absolute Gasteiger partial charge is 0.308 e. The topological polar surface area (TPSA) is 46.6 Å². The van der Waals surface area contributed by atoms with E-state index in [2.05, 4.69) is 0 Å². The standard InChI is InChI=1S/C23H23ClFNO3S/c1-15-13-17(20(24)14-21(15)30-19-6-4-18(25)5-7-19)3-8-22(27)26-11-9-16(10-12-26)23(28)29-2/h3-8,13-14,16H,9-12H2,1-2H3. The maximum Gasteiger partial charge on any atom is 0.308 e. The van der Waals surface area contributed by atoms with Crippen LogP contribution in [0.4, 0.5) is 4.39 Å². The summed E-state index contributed by atoms with van der Waals surface area (Å²) in [6.45, 7) is 3.03. The first-order valence-corrected chi connectivity index (χ1v) is 10.8. The first-order chi connectivity index (χ1) is 14.4. The predicted molar refractivity (Wildman–Crippen MR) is 117 cm³/mol. The molecule has 30 heavy (non-hydrogen) atoms. The van der Waals surface area contributed by atoms with E-state index < -0.39 is 0 Å². The third-order valence-corrected chi connectivity index (χ3v) is 6.58. The largest absolute Gasteiger partial charge is 0.469 e. The number of benzene rings is 2. The summed E-state index contributed by atoms with van der Waals surface area (Å²) >= 11 is 7.94. The van der Waals surface area contributed by atoms with Crippen LogP contribution in [-0.2, 0) is 14.3 Å². The Morgan fingerprint density at radius 1 is 1.20 bits per heavy atom. The summed E-state index contributed by atoms with van der Waals surface area (Å²) in [5.74, 6) is -0.713. The monoisotopic (exact) mass is 447 g/mol. The van der Waals surface area contributed by atoms with Crippen LogP contribution in [0, 0.1) is 18.7 Å². The third-order valence-electron chi connectivity index (χ3n) is 5.08. The van der Waals surface area contributed by atoms with Crippen LogP contribution in [0.15, 0.2) is 52.3 Å². The van der Waals surface area contributed by atoms with Gasteiger partial charge in [0, 0.05) is 34.0 Å². The Bertz CT molecular complexity index is 954. The van der Waals surface area contributed by atoms with Gasteiger partial charge in [-0.3, -0.25) is 9.59 Å². The second-order valence-electron chi connectivity index (χ2n) is 7.15. The van der Waals surface area contributed by atoms with Gasteiger partial charge in [-0.05, 0) is 73.4 Å². The zero-order valence-corrected chi connectivity index (χ0v) is 18.4. The van der Waals surface area contributed by atoms with E-state index in [1.807, 2.05) is 19.1 Å². The van der Waals surface area contributed by atoms with E-state index in [9.17, 15) is 14.0 Å². The number of carbonyl (C=O) groups excluding carboxylic acids is 2. The van der Waals surface area contributed by atoms with Crippen molar-refractivity contribution in [3.05, 3.63) is 64.4 Å². The molecule has 1 amide bonds. The molecule has 1 aliphatic heterocycles. The van der Waals surface area contributed by atoms with E-state index in [1.54, 1.807) is 23.1 Å². The van der Waals surface area contributed by atoms with Crippen molar-refractivity contribution < 1.29 is 18.7 Å². The minimum Gasteiger partial charge on any atom is -0.469 e. The second-order valence-corrected chi connectivity index (χ2v) is 8.67. The third kappa shape index (κ3) is 5.64. The van der Waals surface area contributed by atoms with Gasteiger partial charge in [-0.25, -0.2) is 4.39 Å². The minimum atomic E-state index is -0.270. The summed E-state index contributed by atoms with van der Waals surface area (Å²) in [4.78, 5) is 27.7. The van der Waals surface area contributed by atoms with Crippen molar-refractivity contribution in [3.8, 4) is 0 Å². The normalized spacial score (nSPS) is 14.9. The van der Waals surface area contributed by atoms with Gasteiger partial charge in [0.25, 0.3) is 0 Å². The molecule has 0 bridgehead atoms. The maximum atomic E-state index is 13.1. The Morgan fingerprint density at radius 3 is 2.50 bits per heavy atom. The fourth-order valence-electron chi connectivity index (χ4n) is 3.32. The SMILES string of the molecule is COC(=O)C1CCN(C(=O)C=Cc2cc(C)c(Sc3ccc(F)cc3)cc2Cl)CC1. The highest BCUT2D eigenvalue weighted by Crippen LogP contribution is 2.34. The van der Waals surface area contributed by atoms with E-state index in [0.29, 0.717) is 31.0 Å². The van der Waals surface area contributed by atoms with Crippen LogP contribution in [-0.4, -0.2) is 37.0 Å². The van der Waals surface area contributed by atoms with Crippen LogP contribution in [0.3, 0.4) is 0 Å². The number of amides is 1. The zero-order chi connectivity index (χ0) is 21.7. The van der Waals surface area contributed by atoms with Crippen LogP contribution in [0.1, 0.15) is 24.0 Å². The number of hydrogen-bond acceptors (Lipinski definition) is 4. The first kappa shape index (κ1) is 22.4. The Morgan fingerprint density at radius 2 is 1.87 bits per heavy atom. The molecule has 0 aromatic heterocycles. The average molecular weight is 448 g/mol. The summed E-state index contributed by atoms with van der Waals surface area (Å²) < 4.78 is 17.9. The number of esters is 1. The molecular weight excluding hydrogens is 425 g/mol. The molecule has 0 atom stereocenters. The molecule has 7 heteroatoms. The zero-order valence-electron chi connectivity index (χ0n) is 16.9. The molecule has 0 radical (unpaired) electrons. The van der Waals surface area contributed by atoms with Crippen LogP contribution >= 0.6 is 23.4 Å². The Hall–Kier alpha value is -2.31. The number of aryl methyl sites for hydroxylation is 1. The van der Waals surface area contributed by atoms with E-state index in [0.717, 1.165) is 20.9 Å². The van der Waals surface area contributed by atoms with Gasteiger partial charge in [0.2, 0.25) is 5.91 Å². The fourth-order valence-corrected chi connectivity index (χ4v) is 4.54. The molecule has 2 aromatic carbocycles. The van der Waals surface area contributed by atoms with Gasteiger partial charge in [0.05, 0.1) is 13.0 Å². The lowest BCUT2D eigenvalue weighted by Crippen LogP contribution is -2.39. The van der Waals surface area contributed by atoms with Crippen molar-refractivity contribution in [2.45, 2.75) is 29.6 Å². The summed E-state index contributed by atoms with van der Waals surface area (Å²) in [6.07, 6.45) is 4.46. The number of likely N-dealkylation sites (tertiary alicyclic amines) is 1. The Kier molecular flexibility index (Phi) is 7.56. The van der Waals surface area contributed by atoms with Crippen molar-refractivity contribution in [1.82, 2.24) is 4.90 Å². The number of carbonyl (C=O) groups is 2. The average Bonchev–Trinajstić information content (AvgIpc) is 2.76. The highest BCUT2D eigenvalue weighted by Gasteiger charge is 2.27. The van der Waals surface area contributed by atoms with E-state index in [1.165, 1.54) is 37.1 Å². The fraction of sp³-hybridized carbons (Fsp3) is 0.304. The molecule has 1 saturated heterocycles. The summed E-state index contributed by atoms with van der Waals surface area (Å²) in [5.41, 5.74) is 1.77. The molecule has 0 N–H and O–H groups in total. The van der Waals surface area contributed by atoms with Gasteiger partial charge in [0.15, 0.2) is 0 Å². The first-order valence-electron chi connectivity index (χ1n) is 9.65. The number of nitrogens with zero attached hydrogens (tertiary/aromatic N) is 1. The molecule has 0 unspecified atom stereocenters. The van der Waals surface area contributed by atoms with Crippen molar-refractivity contribution >= 4 is 41.3 Å². The van der Waals surface area contributed by atoms with Gasteiger partial charge < -0.3 is 9.64 Å². The summed E-state index contributed by atoms with van der Waals surface area (Å²) in [7, 11) is 1.39. The van der Waals surface area contributed by atoms with Crippen LogP contribution in [0.25, 0.3) is 6.08 Å². The van der Waals surface area contributed by atoms with Gasteiger partial charge in [-0.2, -0.15) is 0 Å². The Balaban J connectivity index is 1.64. The van der Waals surface area contributed by atoms with Gasteiger partial charge >= 0.3 is 5.97 Å². The summed E-state index contributed by atoms with van der Waals surface area (Å²) in [5, 5.41) is 0.540. The molecule has 1 aliphatic rings. The van der Waals surface area contributed by atoms with Gasteiger partial charge in [0.1, 0.15) is 5.82 Å². The van der Waals surface area contributed by atoms with Crippen molar-refractivity contribution in [2.75, 3.05) is 20.2 Å². The maximum absolute atomic E-state index is 13.1. The lowest BCUT2D eigenvalue weighted by Gasteiger charge is -2.29. The highest BCUT2D eigenvalue weighted by molar-refractivity contribution is 7.99. The van der Waals surface area contributed by atoms with Gasteiger partial charge in [-0.1, -0.05) is 23.4 Å². The van der Waals surface area contributed by atoms with Crippen molar-refractivity contribution in [3.63, 3.8) is 0 Å². The van der Waals surface area contributed by atoms with E-state index in [-0.39, 0.29) is 23.6 Å². The van der Waals surface area contributed by atoms with Crippen molar-refractivity contribution in [1.29, 1.82) is 0 Å². The number of rotatable bonds is 5. The lowest BCUT2D eigenvalue weighted by atomic mass is 9.97. The molecule has 0 spiro atoms. The molecular formula is C23H23ClFNO3S. The second kappa shape index (κ2) is 10.1. The lowest BCUT2D eigenvalue weighted by molar-refractivity contribution is -0.148. The van der Waals surface area contributed by atoms with Crippen LogP contribution in [0.5, 0.6) is 0 Å². The Labute approximate surface area is 185 Å². The minimum absolute atomic E-state index is 0.100. The molecule has 0 aliphatic carbocycles. The van der Waals surface area contributed by atoms with Crippen LogP contribution < -0.4 is 0 Å². The number of hydrogen-bond donors (Lipinski definition) is 0. The van der Waals surface area contributed by atoms with E-state index in [4.69, 9.17) is 16.3 Å². The molecule has 0 saturated carbocycles. The molecule has 1 fully saturated rings. The molecule has 4 nitrogen and oxygen atoms in total. The van der Waals surface area contributed by atoms with Crippen LogP contribution in [0.2, 0.25) is 5.02 Å².